The molecule has 0 aromatic carbocycles. The van der Waals surface area contributed by atoms with Crippen LogP contribution in [0.2, 0.25) is 0 Å². The number of halogens is 3. The topological polar surface area (TPSA) is 80.1 Å². The van der Waals surface area contributed by atoms with Crippen LogP contribution in [0.3, 0.4) is 0 Å². The maximum Gasteiger partial charge on any atom is 0.433 e. The van der Waals surface area contributed by atoms with E-state index in [0.717, 1.165) is 25.9 Å². The molecule has 0 atom stereocenters. The molecule has 1 saturated heterocycles. The van der Waals surface area contributed by atoms with Gasteiger partial charge in [0, 0.05) is 6.54 Å². The molecule has 122 valence electrons. The minimum absolute atomic E-state index is 0.110. The van der Waals surface area contributed by atoms with E-state index in [1.54, 1.807) is 0 Å². The number of hydrogen-bond donors (Lipinski definition) is 2. The van der Waals surface area contributed by atoms with Crippen LogP contribution in [-0.4, -0.2) is 29.5 Å². The number of piperidine rings is 1. The molecular weight excluding hydrogens is 301 g/mol. The van der Waals surface area contributed by atoms with E-state index in [2.05, 4.69) is 15.6 Å². The predicted octanol–water partition coefficient (Wildman–Crippen LogP) is 2.81. The quantitative estimate of drug-likeness (QED) is 0.659. The first kappa shape index (κ1) is 16.5. The number of aromatic nitrogens is 1. The number of nitro groups is 1. The summed E-state index contributed by atoms with van der Waals surface area (Å²) in [5, 5.41) is 17.0. The molecule has 22 heavy (non-hydrogen) atoms. The number of pyridine rings is 1. The molecule has 0 bridgehead atoms. The highest BCUT2D eigenvalue weighted by Crippen LogP contribution is 2.34. The van der Waals surface area contributed by atoms with Gasteiger partial charge in [-0.05, 0) is 37.4 Å². The Morgan fingerprint density at radius 2 is 2.09 bits per heavy atom. The Hall–Kier alpha value is -1.90. The van der Waals surface area contributed by atoms with Gasteiger partial charge in [-0.3, -0.25) is 10.1 Å². The van der Waals surface area contributed by atoms with Gasteiger partial charge < -0.3 is 10.6 Å². The van der Waals surface area contributed by atoms with Crippen molar-refractivity contribution in [3.63, 3.8) is 0 Å². The highest BCUT2D eigenvalue weighted by Gasteiger charge is 2.35. The van der Waals surface area contributed by atoms with Crippen molar-refractivity contribution in [1.82, 2.24) is 10.3 Å². The van der Waals surface area contributed by atoms with Crippen LogP contribution in [0.4, 0.5) is 24.5 Å². The summed E-state index contributed by atoms with van der Waals surface area (Å²) in [6.45, 7) is 4.03. The summed E-state index contributed by atoms with van der Waals surface area (Å²) < 4.78 is 38.1. The molecule has 2 heterocycles. The SMILES string of the molecule is CC1(CNc2cc(C(F)(F)F)ncc2[N+](=O)[O-])CCNCC1. The van der Waals surface area contributed by atoms with Gasteiger partial charge in [0.2, 0.25) is 0 Å². The number of nitrogens with one attached hydrogen (secondary N) is 2. The smallest absolute Gasteiger partial charge is 0.379 e. The molecule has 2 N–H and O–H groups in total. The molecule has 0 aliphatic carbocycles. The van der Waals surface area contributed by atoms with E-state index < -0.39 is 22.5 Å². The standard InChI is InChI=1S/C13H17F3N4O2/c1-12(2-4-17-5-3-12)8-19-9-6-11(13(14,15)16)18-7-10(9)20(21)22/h6-7,17H,2-5,8H2,1H3,(H,18,19). The zero-order valence-electron chi connectivity index (χ0n) is 12.0. The highest BCUT2D eigenvalue weighted by atomic mass is 19.4. The van der Waals surface area contributed by atoms with E-state index in [1.165, 1.54) is 0 Å². The largest absolute Gasteiger partial charge is 0.433 e. The molecule has 0 saturated carbocycles. The van der Waals surface area contributed by atoms with Crippen LogP contribution >= 0.6 is 0 Å². The number of hydrogen-bond acceptors (Lipinski definition) is 5. The fourth-order valence-electron chi connectivity index (χ4n) is 2.41. The van der Waals surface area contributed by atoms with Crippen molar-refractivity contribution in [2.45, 2.75) is 25.9 Å². The molecule has 1 fully saturated rings. The van der Waals surface area contributed by atoms with E-state index in [-0.39, 0.29) is 11.1 Å². The van der Waals surface area contributed by atoms with Gasteiger partial charge in [-0.15, -0.1) is 0 Å². The van der Waals surface area contributed by atoms with Gasteiger partial charge in [0.1, 0.15) is 17.6 Å². The number of nitrogens with zero attached hydrogens (tertiary/aromatic N) is 2. The number of rotatable bonds is 4. The second-order valence-corrected chi connectivity index (χ2v) is 5.76. The van der Waals surface area contributed by atoms with Gasteiger partial charge in [0.25, 0.3) is 0 Å². The Bertz CT molecular complexity index is 557. The zero-order chi connectivity index (χ0) is 16.4. The summed E-state index contributed by atoms with van der Waals surface area (Å²) in [6.07, 6.45) is -2.28. The van der Waals surface area contributed by atoms with Crippen molar-refractivity contribution in [1.29, 1.82) is 0 Å². The van der Waals surface area contributed by atoms with Crippen molar-refractivity contribution >= 4 is 11.4 Å². The van der Waals surface area contributed by atoms with Crippen LogP contribution in [0.25, 0.3) is 0 Å². The molecule has 1 aliphatic heterocycles. The molecule has 1 aromatic rings. The summed E-state index contributed by atoms with van der Waals surface area (Å²) in [7, 11) is 0. The maximum atomic E-state index is 12.7. The Kier molecular flexibility index (Phi) is 4.55. The van der Waals surface area contributed by atoms with Gasteiger partial charge in [-0.1, -0.05) is 6.92 Å². The van der Waals surface area contributed by atoms with Crippen LogP contribution in [0.15, 0.2) is 12.3 Å². The Balaban J connectivity index is 2.21. The summed E-state index contributed by atoms with van der Waals surface area (Å²) in [5.41, 5.74) is -1.85. The molecule has 0 amide bonds. The fourth-order valence-corrected chi connectivity index (χ4v) is 2.41. The second-order valence-electron chi connectivity index (χ2n) is 5.76. The lowest BCUT2D eigenvalue weighted by molar-refractivity contribution is -0.384. The van der Waals surface area contributed by atoms with Gasteiger partial charge in [0.05, 0.1) is 4.92 Å². The zero-order valence-corrected chi connectivity index (χ0v) is 12.0. The number of anilines is 1. The molecule has 0 unspecified atom stereocenters. The molecular formula is C13H17F3N4O2. The average molecular weight is 318 g/mol. The van der Waals surface area contributed by atoms with Crippen LogP contribution in [0.1, 0.15) is 25.5 Å². The first-order chi connectivity index (χ1) is 10.2. The Morgan fingerprint density at radius 1 is 1.45 bits per heavy atom. The summed E-state index contributed by atoms with van der Waals surface area (Å²) in [4.78, 5) is 13.3. The lowest BCUT2D eigenvalue weighted by Crippen LogP contribution is -2.39. The lowest BCUT2D eigenvalue weighted by atomic mass is 9.81. The van der Waals surface area contributed by atoms with Crippen molar-refractivity contribution in [3.05, 3.63) is 28.1 Å². The first-order valence-electron chi connectivity index (χ1n) is 6.87. The summed E-state index contributed by atoms with van der Waals surface area (Å²) in [5.74, 6) is 0. The van der Waals surface area contributed by atoms with Crippen molar-refractivity contribution in [3.8, 4) is 0 Å². The normalized spacial score (nSPS) is 18.0. The summed E-state index contributed by atoms with van der Waals surface area (Å²) >= 11 is 0. The van der Waals surface area contributed by atoms with Gasteiger partial charge >= 0.3 is 11.9 Å². The monoisotopic (exact) mass is 318 g/mol. The molecule has 1 aliphatic rings. The maximum absolute atomic E-state index is 12.7. The molecule has 0 radical (unpaired) electrons. The Morgan fingerprint density at radius 3 is 2.64 bits per heavy atom. The van der Waals surface area contributed by atoms with Gasteiger partial charge in [-0.2, -0.15) is 13.2 Å². The number of alkyl halides is 3. The van der Waals surface area contributed by atoms with Crippen LogP contribution in [0, 0.1) is 15.5 Å². The van der Waals surface area contributed by atoms with Gasteiger partial charge in [-0.25, -0.2) is 4.98 Å². The Labute approximate surface area is 125 Å². The molecule has 6 nitrogen and oxygen atoms in total. The first-order valence-corrected chi connectivity index (χ1v) is 6.87. The third kappa shape index (κ3) is 3.85. The molecule has 9 heteroatoms. The van der Waals surface area contributed by atoms with E-state index in [9.17, 15) is 23.3 Å². The van der Waals surface area contributed by atoms with E-state index >= 15 is 0 Å². The van der Waals surface area contributed by atoms with Crippen LogP contribution < -0.4 is 10.6 Å². The fraction of sp³-hybridized carbons (Fsp3) is 0.615. The van der Waals surface area contributed by atoms with Crippen molar-refractivity contribution < 1.29 is 18.1 Å². The predicted molar refractivity (Wildman–Crippen MR) is 74.6 cm³/mol. The molecule has 1 aromatic heterocycles. The van der Waals surface area contributed by atoms with Gasteiger partial charge in [0.15, 0.2) is 0 Å². The van der Waals surface area contributed by atoms with Crippen molar-refractivity contribution in [2.75, 3.05) is 25.0 Å². The van der Waals surface area contributed by atoms with Crippen LogP contribution in [0.5, 0.6) is 0 Å². The molecule has 2 rings (SSSR count). The third-order valence-corrected chi connectivity index (χ3v) is 3.89. The van der Waals surface area contributed by atoms with E-state index in [0.29, 0.717) is 18.8 Å². The van der Waals surface area contributed by atoms with Crippen molar-refractivity contribution in [2.24, 2.45) is 5.41 Å². The summed E-state index contributed by atoms with van der Waals surface area (Å²) in [6, 6.07) is 0.697. The van der Waals surface area contributed by atoms with E-state index in [4.69, 9.17) is 0 Å². The molecule has 0 spiro atoms. The highest BCUT2D eigenvalue weighted by molar-refractivity contribution is 5.61. The van der Waals surface area contributed by atoms with E-state index in [1.807, 2.05) is 6.92 Å². The third-order valence-electron chi connectivity index (χ3n) is 3.89. The minimum Gasteiger partial charge on any atom is -0.379 e. The second kappa shape index (κ2) is 6.07. The minimum atomic E-state index is -4.63. The van der Waals surface area contributed by atoms with Crippen LogP contribution in [-0.2, 0) is 6.18 Å². The lowest BCUT2D eigenvalue weighted by Gasteiger charge is -2.34. The average Bonchev–Trinajstić information content (AvgIpc) is 2.44.